The highest BCUT2D eigenvalue weighted by molar-refractivity contribution is 5.83. The molecule has 1 aliphatic heterocycles. The summed E-state index contributed by atoms with van der Waals surface area (Å²) in [7, 11) is 0. The Morgan fingerprint density at radius 3 is 2.70 bits per heavy atom. The van der Waals surface area contributed by atoms with E-state index in [1.807, 2.05) is 30.3 Å². The number of carboxylic acids is 1. The number of nitrogens with zero attached hydrogens (tertiary/aromatic N) is 2. The van der Waals surface area contributed by atoms with Crippen molar-refractivity contribution in [3.05, 3.63) is 35.9 Å². The highest BCUT2D eigenvalue weighted by Crippen LogP contribution is 2.17. The van der Waals surface area contributed by atoms with Crippen molar-refractivity contribution in [2.75, 3.05) is 13.1 Å². The van der Waals surface area contributed by atoms with Crippen LogP contribution in [0.3, 0.4) is 0 Å². The van der Waals surface area contributed by atoms with Gasteiger partial charge in [0.15, 0.2) is 0 Å². The Labute approximate surface area is 117 Å². The molecule has 1 N–H and O–H groups in total. The van der Waals surface area contributed by atoms with Crippen LogP contribution in [0.2, 0.25) is 0 Å². The molecule has 1 aliphatic rings. The second kappa shape index (κ2) is 6.38. The van der Waals surface area contributed by atoms with Crippen molar-refractivity contribution in [1.29, 1.82) is 0 Å². The van der Waals surface area contributed by atoms with Crippen LogP contribution in [0.4, 0.5) is 4.79 Å². The van der Waals surface area contributed by atoms with E-state index in [2.05, 4.69) is 0 Å². The van der Waals surface area contributed by atoms with Gasteiger partial charge in [-0.25, -0.2) is 14.7 Å². The van der Waals surface area contributed by atoms with E-state index in [1.165, 1.54) is 9.96 Å². The summed E-state index contributed by atoms with van der Waals surface area (Å²) in [5.41, 5.74) is 0.962. The molecule has 6 heteroatoms. The van der Waals surface area contributed by atoms with E-state index in [1.54, 1.807) is 6.92 Å². The fraction of sp³-hybridized carbons (Fsp3) is 0.429. The van der Waals surface area contributed by atoms with Crippen molar-refractivity contribution >= 4 is 12.0 Å². The molecule has 0 saturated carbocycles. The maximum Gasteiger partial charge on any atom is 0.344 e. The van der Waals surface area contributed by atoms with E-state index >= 15 is 0 Å². The van der Waals surface area contributed by atoms with Gasteiger partial charge in [0.25, 0.3) is 0 Å². The van der Waals surface area contributed by atoms with Gasteiger partial charge < -0.3 is 10.0 Å². The van der Waals surface area contributed by atoms with E-state index in [9.17, 15) is 9.59 Å². The summed E-state index contributed by atoms with van der Waals surface area (Å²) in [6, 6.07) is 8.38. The number of carboxylic acid groups (broad SMARTS) is 1. The molecule has 1 aromatic rings. The van der Waals surface area contributed by atoms with Gasteiger partial charge in [-0.2, -0.15) is 0 Å². The third-order valence-electron chi connectivity index (χ3n) is 3.30. The first-order chi connectivity index (χ1) is 9.63. The van der Waals surface area contributed by atoms with E-state index in [-0.39, 0.29) is 6.03 Å². The Kier molecular flexibility index (Phi) is 4.57. The zero-order chi connectivity index (χ0) is 14.5. The number of likely N-dealkylation sites (N-methyl/N-ethyl adjacent to an activating group) is 1. The maximum atomic E-state index is 12.2. The molecule has 1 heterocycles. The van der Waals surface area contributed by atoms with Crippen LogP contribution in [0.5, 0.6) is 0 Å². The molecule has 2 rings (SSSR count). The number of rotatable bonds is 5. The maximum absolute atomic E-state index is 12.2. The normalized spacial score (nSPS) is 19.2. The Bertz CT molecular complexity index is 477. The molecule has 6 nitrogen and oxygen atoms in total. The van der Waals surface area contributed by atoms with Crippen molar-refractivity contribution in [2.45, 2.75) is 26.0 Å². The van der Waals surface area contributed by atoms with Gasteiger partial charge in [-0.15, -0.1) is 0 Å². The van der Waals surface area contributed by atoms with Crippen molar-refractivity contribution in [3.8, 4) is 0 Å². The molecule has 0 bridgehead atoms. The fourth-order valence-corrected chi connectivity index (χ4v) is 2.23. The molecule has 1 atom stereocenters. The minimum atomic E-state index is -0.970. The summed E-state index contributed by atoms with van der Waals surface area (Å²) in [4.78, 5) is 30.1. The summed E-state index contributed by atoms with van der Waals surface area (Å²) in [6.45, 7) is 2.69. The van der Waals surface area contributed by atoms with E-state index in [0.717, 1.165) is 5.56 Å². The number of hydrogen-bond acceptors (Lipinski definition) is 3. The molecule has 0 aromatic heterocycles. The summed E-state index contributed by atoms with van der Waals surface area (Å²) in [5.74, 6) is -0.970. The average Bonchev–Trinajstić information content (AvgIpc) is 2.46. The first-order valence-electron chi connectivity index (χ1n) is 6.61. The van der Waals surface area contributed by atoms with E-state index in [4.69, 9.17) is 9.94 Å². The summed E-state index contributed by atoms with van der Waals surface area (Å²) < 4.78 is 0. The molecule has 20 heavy (non-hydrogen) atoms. The molecule has 1 aromatic carbocycles. The van der Waals surface area contributed by atoms with Crippen LogP contribution in [0, 0.1) is 0 Å². The van der Waals surface area contributed by atoms with Crippen LogP contribution in [0.15, 0.2) is 30.3 Å². The molecule has 1 fully saturated rings. The minimum Gasteiger partial charge on any atom is -0.480 e. The standard InChI is InChI=1S/C14H18N2O4/c1-2-15-12(13(17)18)8-9-16(14(15)19)20-10-11-6-4-3-5-7-11/h3-7,12H,2,8-10H2,1H3,(H,17,18). The molecular weight excluding hydrogens is 260 g/mol. The molecule has 2 amide bonds. The monoisotopic (exact) mass is 278 g/mol. The second-order valence-electron chi connectivity index (χ2n) is 4.57. The Morgan fingerprint density at radius 1 is 1.40 bits per heavy atom. The summed E-state index contributed by atoms with van der Waals surface area (Å²) in [5, 5.41) is 10.3. The van der Waals surface area contributed by atoms with Crippen LogP contribution in [-0.4, -0.2) is 46.2 Å². The van der Waals surface area contributed by atoms with Crippen molar-refractivity contribution < 1.29 is 19.5 Å². The second-order valence-corrected chi connectivity index (χ2v) is 4.57. The number of carbonyl (C=O) groups excluding carboxylic acids is 1. The smallest absolute Gasteiger partial charge is 0.344 e. The molecule has 108 valence electrons. The zero-order valence-electron chi connectivity index (χ0n) is 11.4. The van der Waals surface area contributed by atoms with Crippen molar-refractivity contribution in [3.63, 3.8) is 0 Å². The summed E-state index contributed by atoms with van der Waals surface area (Å²) >= 11 is 0. The number of hydroxylamine groups is 2. The van der Waals surface area contributed by atoms with Gasteiger partial charge in [0.05, 0.1) is 6.54 Å². The number of benzene rings is 1. The first-order valence-corrected chi connectivity index (χ1v) is 6.61. The van der Waals surface area contributed by atoms with Gasteiger partial charge in [0.2, 0.25) is 0 Å². The van der Waals surface area contributed by atoms with Crippen LogP contribution < -0.4 is 0 Å². The average molecular weight is 278 g/mol. The molecule has 1 unspecified atom stereocenters. The van der Waals surface area contributed by atoms with Gasteiger partial charge in [-0.05, 0) is 18.9 Å². The fourth-order valence-electron chi connectivity index (χ4n) is 2.23. The van der Waals surface area contributed by atoms with Crippen LogP contribution >= 0.6 is 0 Å². The van der Waals surface area contributed by atoms with Gasteiger partial charge in [-0.3, -0.25) is 4.84 Å². The highest BCUT2D eigenvalue weighted by atomic mass is 16.7. The van der Waals surface area contributed by atoms with Gasteiger partial charge in [0.1, 0.15) is 12.6 Å². The molecule has 0 aliphatic carbocycles. The van der Waals surface area contributed by atoms with Gasteiger partial charge in [-0.1, -0.05) is 30.3 Å². The van der Waals surface area contributed by atoms with Crippen molar-refractivity contribution in [1.82, 2.24) is 9.96 Å². The Hall–Kier alpha value is -2.08. The van der Waals surface area contributed by atoms with Crippen LogP contribution in [0.1, 0.15) is 18.9 Å². The lowest BCUT2D eigenvalue weighted by Crippen LogP contribution is -2.56. The Balaban J connectivity index is 1.97. The number of hydrogen-bond donors (Lipinski definition) is 1. The lowest BCUT2D eigenvalue weighted by molar-refractivity contribution is -0.163. The molecule has 0 radical (unpaired) electrons. The number of carbonyl (C=O) groups is 2. The zero-order valence-corrected chi connectivity index (χ0v) is 11.4. The SMILES string of the molecule is CCN1C(=O)N(OCc2ccccc2)CCC1C(=O)O. The highest BCUT2D eigenvalue weighted by Gasteiger charge is 2.37. The Morgan fingerprint density at radius 2 is 2.10 bits per heavy atom. The van der Waals surface area contributed by atoms with E-state index in [0.29, 0.717) is 26.1 Å². The topological polar surface area (TPSA) is 70.1 Å². The number of aliphatic carboxylic acids is 1. The predicted molar refractivity (Wildman–Crippen MR) is 71.8 cm³/mol. The van der Waals surface area contributed by atoms with E-state index < -0.39 is 12.0 Å². The quantitative estimate of drug-likeness (QED) is 0.890. The largest absolute Gasteiger partial charge is 0.480 e. The third kappa shape index (κ3) is 3.08. The van der Waals surface area contributed by atoms with Crippen molar-refractivity contribution in [2.24, 2.45) is 0 Å². The molecular formula is C14H18N2O4. The lowest BCUT2D eigenvalue weighted by Gasteiger charge is -2.38. The summed E-state index contributed by atoms with van der Waals surface area (Å²) in [6.07, 6.45) is 0.365. The minimum absolute atomic E-state index is 0.291. The third-order valence-corrected chi connectivity index (χ3v) is 3.30. The first kappa shape index (κ1) is 14.3. The molecule has 0 spiro atoms. The van der Waals surface area contributed by atoms with Crippen LogP contribution in [0.25, 0.3) is 0 Å². The predicted octanol–water partition coefficient (Wildman–Crippen LogP) is 1.72. The lowest BCUT2D eigenvalue weighted by atomic mass is 10.1. The van der Waals surface area contributed by atoms with Crippen LogP contribution in [-0.2, 0) is 16.2 Å². The van der Waals surface area contributed by atoms with Gasteiger partial charge in [0, 0.05) is 6.54 Å². The number of amides is 2. The van der Waals surface area contributed by atoms with Gasteiger partial charge >= 0.3 is 12.0 Å². The molecule has 1 saturated heterocycles. The number of urea groups is 1.